The quantitative estimate of drug-likeness (QED) is 0.754. The van der Waals surface area contributed by atoms with Crippen LogP contribution < -0.4 is 0 Å². The fourth-order valence-electron chi connectivity index (χ4n) is 2.16. The van der Waals surface area contributed by atoms with Crippen LogP contribution in [0.3, 0.4) is 0 Å². The highest BCUT2D eigenvalue weighted by atomic mass is 16.4. The molecule has 15 heavy (non-hydrogen) atoms. The first-order valence-electron chi connectivity index (χ1n) is 5.23. The summed E-state index contributed by atoms with van der Waals surface area (Å²) < 4.78 is 0. The maximum atomic E-state index is 11.2. The first-order chi connectivity index (χ1) is 6.77. The molecule has 0 atom stereocenters. The second-order valence-corrected chi connectivity index (χ2v) is 5.32. The fourth-order valence-corrected chi connectivity index (χ4v) is 2.16. The maximum Gasteiger partial charge on any atom is 0.310 e. The van der Waals surface area contributed by atoms with Crippen molar-refractivity contribution in [2.24, 2.45) is 10.8 Å². The van der Waals surface area contributed by atoms with Gasteiger partial charge in [0, 0.05) is 0 Å². The van der Waals surface area contributed by atoms with E-state index in [-0.39, 0.29) is 11.8 Å². The van der Waals surface area contributed by atoms with Gasteiger partial charge in [0.1, 0.15) is 0 Å². The topological polar surface area (TPSA) is 74.6 Å². The van der Waals surface area contributed by atoms with Crippen LogP contribution in [-0.4, -0.2) is 22.2 Å². The summed E-state index contributed by atoms with van der Waals surface area (Å²) in [5.41, 5.74) is -0.876. The molecule has 0 radical (unpaired) electrons. The maximum absolute atomic E-state index is 11.2. The van der Waals surface area contributed by atoms with Crippen molar-refractivity contribution in [1.82, 2.24) is 0 Å². The second kappa shape index (κ2) is 3.83. The Morgan fingerprint density at radius 3 is 1.87 bits per heavy atom. The van der Waals surface area contributed by atoms with E-state index < -0.39 is 17.4 Å². The van der Waals surface area contributed by atoms with Crippen LogP contribution >= 0.6 is 0 Å². The van der Waals surface area contributed by atoms with Gasteiger partial charge in [-0.1, -0.05) is 13.8 Å². The Balaban J connectivity index is 2.78. The number of carbonyl (C=O) groups is 2. The van der Waals surface area contributed by atoms with Gasteiger partial charge in [-0.3, -0.25) is 9.59 Å². The monoisotopic (exact) mass is 214 g/mol. The second-order valence-electron chi connectivity index (χ2n) is 5.32. The van der Waals surface area contributed by atoms with Gasteiger partial charge in [0.15, 0.2) is 0 Å². The molecule has 0 aromatic carbocycles. The predicted octanol–water partition coefficient (Wildman–Crippen LogP) is 2.13. The minimum atomic E-state index is -1.03. The highest BCUT2D eigenvalue weighted by Gasteiger charge is 2.45. The zero-order valence-corrected chi connectivity index (χ0v) is 9.25. The molecular weight excluding hydrogens is 196 g/mol. The van der Waals surface area contributed by atoms with E-state index >= 15 is 0 Å². The van der Waals surface area contributed by atoms with Crippen molar-refractivity contribution in [2.75, 3.05) is 0 Å². The van der Waals surface area contributed by atoms with Crippen LogP contribution in [0.5, 0.6) is 0 Å². The van der Waals surface area contributed by atoms with Crippen LogP contribution in [0.2, 0.25) is 0 Å². The van der Waals surface area contributed by atoms with Crippen LogP contribution in [0.4, 0.5) is 0 Å². The number of carboxylic acids is 2. The molecule has 4 nitrogen and oxygen atoms in total. The number of carboxylic acid groups (broad SMARTS) is 2. The molecule has 0 aliphatic heterocycles. The average Bonchev–Trinajstić information content (AvgIpc) is 2.08. The molecule has 0 saturated heterocycles. The van der Waals surface area contributed by atoms with Gasteiger partial charge in [-0.2, -0.15) is 0 Å². The molecule has 0 aromatic rings. The number of rotatable bonds is 3. The van der Waals surface area contributed by atoms with Crippen molar-refractivity contribution in [3.05, 3.63) is 0 Å². The molecule has 0 spiro atoms. The Kier molecular flexibility index (Phi) is 3.07. The first-order valence-corrected chi connectivity index (χ1v) is 5.23. The van der Waals surface area contributed by atoms with Crippen LogP contribution in [0, 0.1) is 10.8 Å². The molecule has 1 fully saturated rings. The molecular formula is C11H18O4. The van der Waals surface area contributed by atoms with Crippen molar-refractivity contribution in [3.63, 3.8) is 0 Å². The van der Waals surface area contributed by atoms with Crippen LogP contribution in [0.15, 0.2) is 0 Å². The van der Waals surface area contributed by atoms with Gasteiger partial charge in [-0.05, 0) is 31.1 Å². The van der Waals surface area contributed by atoms with Crippen molar-refractivity contribution in [3.8, 4) is 0 Å². The van der Waals surface area contributed by atoms with E-state index in [1.807, 2.05) is 0 Å². The minimum absolute atomic E-state index is 0.150. The Morgan fingerprint density at radius 1 is 1.07 bits per heavy atom. The predicted molar refractivity (Wildman–Crippen MR) is 54.6 cm³/mol. The molecule has 0 unspecified atom stereocenters. The third-order valence-corrected chi connectivity index (χ3v) is 3.50. The highest BCUT2D eigenvalue weighted by molar-refractivity contribution is 5.81. The normalized spacial score (nSPS) is 23.3. The number of hydrogen-bond donors (Lipinski definition) is 2. The van der Waals surface area contributed by atoms with Gasteiger partial charge >= 0.3 is 11.9 Å². The lowest BCUT2D eigenvalue weighted by Gasteiger charge is -2.40. The van der Waals surface area contributed by atoms with Crippen molar-refractivity contribution in [2.45, 2.75) is 46.0 Å². The SMILES string of the molecule is CC1(C)CCC(CC(=O)O)(C(=O)O)CC1. The lowest BCUT2D eigenvalue weighted by molar-refractivity contribution is -0.159. The highest BCUT2D eigenvalue weighted by Crippen LogP contribution is 2.47. The van der Waals surface area contributed by atoms with Gasteiger partial charge in [0.2, 0.25) is 0 Å². The van der Waals surface area contributed by atoms with Crippen molar-refractivity contribution >= 4 is 11.9 Å². The molecule has 0 bridgehead atoms. The Labute approximate surface area is 89.3 Å². The molecule has 4 heteroatoms. The summed E-state index contributed by atoms with van der Waals surface area (Å²) in [6, 6.07) is 0. The van der Waals surface area contributed by atoms with E-state index in [4.69, 9.17) is 10.2 Å². The fraction of sp³-hybridized carbons (Fsp3) is 0.818. The molecule has 0 aromatic heterocycles. The van der Waals surface area contributed by atoms with Crippen LogP contribution in [0.25, 0.3) is 0 Å². The van der Waals surface area contributed by atoms with E-state index in [2.05, 4.69) is 13.8 Å². The molecule has 1 aliphatic rings. The third-order valence-electron chi connectivity index (χ3n) is 3.50. The van der Waals surface area contributed by atoms with E-state index in [9.17, 15) is 9.59 Å². The lowest BCUT2D eigenvalue weighted by Crippen LogP contribution is -2.39. The summed E-state index contributed by atoms with van der Waals surface area (Å²) in [6.07, 6.45) is 2.26. The first kappa shape index (κ1) is 12.0. The Hall–Kier alpha value is -1.06. The van der Waals surface area contributed by atoms with E-state index in [0.29, 0.717) is 12.8 Å². The van der Waals surface area contributed by atoms with E-state index in [1.54, 1.807) is 0 Å². The average molecular weight is 214 g/mol. The van der Waals surface area contributed by atoms with Gasteiger partial charge in [0.05, 0.1) is 11.8 Å². The number of aliphatic carboxylic acids is 2. The van der Waals surface area contributed by atoms with Crippen LogP contribution in [0.1, 0.15) is 46.0 Å². The minimum Gasteiger partial charge on any atom is -0.481 e. The largest absolute Gasteiger partial charge is 0.481 e. The lowest BCUT2D eigenvalue weighted by atomic mass is 9.64. The van der Waals surface area contributed by atoms with Crippen LogP contribution in [-0.2, 0) is 9.59 Å². The zero-order valence-electron chi connectivity index (χ0n) is 9.25. The van der Waals surface area contributed by atoms with Crippen molar-refractivity contribution < 1.29 is 19.8 Å². The summed E-state index contributed by atoms with van der Waals surface area (Å²) >= 11 is 0. The van der Waals surface area contributed by atoms with Gasteiger partial charge in [-0.15, -0.1) is 0 Å². The molecule has 1 rings (SSSR count). The zero-order chi connectivity index (χ0) is 11.7. The van der Waals surface area contributed by atoms with Gasteiger partial charge in [-0.25, -0.2) is 0 Å². The standard InChI is InChI=1S/C11H18O4/c1-10(2)3-5-11(6-4-10,9(14)15)7-8(12)13/h3-7H2,1-2H3,(H,12,13)(H,14,15). The molecule has 0 amide bonds. The van der Waals surface area contributed by atoms with Gasteiger partial charge < -0.3 is 10.2 Å². The molecule has 0 heterocycles. The van der Waals surface area contributed by atoms with E-state index in [1.165, 1.54) is 0 Å². The summed E-state index contributed by atoms with van der Waals surface area (Å²) in [5, 5.41) is 17.9. The third kappa shape index (κ3) is 2.70. The number of hydrogen-bond acceptors (Lipinski definition) is 2. The summed E-state index contributed by atoms with van der Waals surface area (Å²) in [7, 11) is 0. The molecule has 2 N–H and O–H groups in total. The van der Waals surface area contributed by atoms with Gasteiger partial charge in [0.25, 0.3) is 0 Å². The summed E-state index contributed by atoms with van der Waals surface area (Å²) in [5.74, 6) is -1.97. The Morgan fingerprint density at radius 2 is 1.53 bits per heavy atom. The summed E-state index contributed by atoms with van der Waals surface area (Å²) in [6.45, 7) is 4.19. The smallest absolute Gasteiger partial charge is 0.310 e. The molecule has 1 saturated carbocycles. The molecule has 86 valence electrons. The van der Waals surface area contributed by atoms with E-state index in [0.717, 1.165) is 12.8 Å². The molecule has 1 aliphatic carbocycles. The summed E-state index contributed by atoms with van der Waals surface area (Å²) in [4.78, 5) is 21.8. The van der Waals surface area contributed by atoms with Crippen molar-refractivity contribution in [1.29, 1.82) is 0 Å². The Bertz CT molecular complexity index is 270.